The first-order valence-corrected chi connectivity index (χ1v) is 10.1. The fraction of sp³-hybridized carbons (Fsp3) is 0.250. The molecule has 1 atom stereocenters. The number of nitrogens with one attached hydrogen (secondary N) is 3. The third-order valence-electron chi connectivity index (χ3n) is 2.44. The van der Waals surface area contributed by atoms with Gasteiger partial charge in [-0.3, -0.25) is 10.4 Å². The Labute approximate surface area is 142 Å². The van der Waals surface area contributed by atoms with E-state index in [4.69, 9.17) is 15.8 Å². The second-order valence-electron chi connectivity index (χ2n) is 4.20. The van der Waals surface area contributed by atoms with Gasteiger partial charge in [0.25, 0.3) is 0 Å². The van der Waals surface area contributed by atoms with Gasteiger partial charge in [0.05, 0.1) is 6.61 Å². The van der Waals surface area contributed by atoms with Crippen molar-refractivity contribution >= 4 is 41.9 Å². The van der Waals surface area contributed by atoms with Gasteiger partial charge in [-0.2, -0.15) is 4.98 Å². The van der Waals surface area contributed by atoms with Crippen molar-refractivity contribution in [2.75, 3.05) is 11.9 Å². The summed E-state index contributed by atoms with van der Waals surface area (Å²) in [5.74, 6) is 0.817. The van der Waals surface area contributed by atoms with Gasteiger partial charge < -0.3 is 4.52 Å². The van der Waals surface area contributed by atoms with Crippen LogP contribution in [0.2, 0.25) is 0 Å². The average Bonchev–Trinajstić information content (AvgIpc) is 2.92. The van der Waals surface area contributed by atoms with Gasteiger partial charge in [-0.05, 0) is 23.7 Å². The predicted molar refractivity (Wildman–Crippen MR) is 89.6 cm³/mol. The van der Waals surface area contributed by atoms with E-state index in [1.165, 1.54) is 11.8 Å². The molecule has 0 fully saturated rings. The molecule has 0 aliphatic rings. The lowest BCUT2D eigenvalue weighted by atomic mass is 10.2. The Morgan fingerprint density at radius 1 is 1.43 bits per heavy atom. The van der Waals surface area contributed by atoms with Crippen molar-refractivity contribution in [1.82, 2.24) is 20.3 Å². The van der Waals surface area contributed by atoms with Crippen LogP contribution in [-0.2, 0) is 14.8 Å². The molecule has 0 spiro atoms. The fourth-order valence-electron chi connectivity index (χ4n) is 1.54. The Bertz CT molecular complexity index is 699. The molecule has 0 saturated heterocycles. The van der Waals surface area contributed by atoms with E-state index in [-0.39, 0.29) is 12.6 Å². The molecular formula is C12H15ClN5O3PS. The van der Waals surface area contributed by atoms with Gasteiger partial charge in [-0.25, -0.2) is 14.5 Å². The van der Waals surface area contributed by atoms with Gasteiger partial charge in [0.2, 0.25) is 11.1 Å². The number of rotatable bonds is 7. The maximum Gasteiger partial charge on any atom is 0.389 e. The summed E-state index contributed by atoms with van der Waals surface area (Å²) in [6, 6.07) is 9.05. The fourth-order valence-corrected chi connectivity index (χ4v) is 3.52. The second kappa shape index (κ2) is 8.35. The maximum atomic E-state index is 11.6. The number of halogens is 1. The smallest absolute Gasteiger partial charge is 0.302 e. The van der Waals surface area contributed by atoms with Crippen LogP contribution in [0.25, 0.3) is 0 Å². The summed E-state index contributed by atoms with van der Waals surface area (Å²) in [6.07, 6.45) is 0. The monoisotopic (exact) mass is 375 g/mol. The molecule has 2 rings (SSSR count). The molecule has 3 N–H and O–H groups in total. The van der Waals surface area contributed by atoms with Gasteiger partial charge in [-0.15, -0.1) is 5.10 Å². The van der Waals surface area contributed by atoms with E-state index in [2.05, 4.69) is 20.5 Å². The number of anilines is 1. The molecule has 1 unspecified atom stereocenters. The van der Waals surface area contributed by atoms with E-state index < -0.39 is 12.9 Å². The summed E-state index contributed by atoms with van der Waals surface area (Å²) < 4.78 is 16.3. The number of hydrogen-bond acceptors (Lipinski definition) is 6. The van der Waals surface area contributed by atoms with Crippen LogP contribution < -0.4 is 10.4 Å². The quantitative estimate of drug-likeness (QED) is 0.504. The number of nitrogens with zero attached hydrogens (tertiary/aromatic N) is 2. The summed E-state index contributed by atoms with van der Waals surface area (Å²) in [5.41, 5.74) is 1.13. The number of carbonyl (C=O) groups excluding carboxylic acids is 1. The topological polar surface area (TPSA) is 109 Å². The van der Waals surface area contributed by atoms with Crippen molar-refractivity contribution in [2.45, 2.75) is 17.8 Å². The lowest BCUT2D eigenvalue weighted by Crippen LogP contribution is -2.26. The van der Waals surface area contributed by atoms with Crippen molar-refractivity contribution in [3.05, 3.63) is 35.9 Å². The predicted octanol–water partition coefficient (Wildman–Crippen LogP) is 3.60. The first-order valence-electron chi connectivity index (χ1n) is 6.61. The van der Waals surface area contributed by atoms with Crippen LogP contribution in [0, 0.1) is 0 Å². The van der Waals surface area contributed by atoms with E-state index >= 15 is 0 Å². The third-order valence-corrected chi connectivity index (χ3v) is 4.96. The summed E-state index contributed by atoms with van der Waals surface area (Å²) in [7, 11) is 0. The first-order chi connectivity index (χ1) is 11.0. The number of carbonyl (C=O) groups is 1. The van der Waals surface area contributed by atoms with Gasteiger partial charge in [-0.1, -0.05) is 42.1 Å². The zero-order valence-electron chi connectivity index (χ0n) is 12.2. The number of aromatic amines is 1. The normalized spacial score (nSPS) is 13.3. The Kier molecular flexibility index (Phi) is 6.47. The summed E-state index contributed by atoms with van der Waals surface area (Å²) >= 11 is 6.94. The van der Waals surface area contributed by atoms with Crippen LogP contribution in [0.4, 0.5) is 10.7 Å². The average molecular weight is 376 g/mol. The zero-order chi connectivity index (χ0) is 16.7. The molecule has 0 radical (unpaired) electrons. The molecule has 0 aliphatic heterocycles. The van der Waals surface area contributed by atoms with E-state index in [0.717, 1.165) is 5.56 Å². The highest BCUT2D eigenvalue weighted by Crippen LogP contribution is 2.47. The molecule has 11 heteroatoms. The minimum atomic E-state index is -3.69. The molecular weight excluding hydrogens is 361 g/mol. The first kappa shape index (κ1) is 17.8. The number of aromatic nitrogens is 3. The molecule has 2 aromatic rings. The van der Waals surface area contributed by atoms with Gasteiger partial charge in [0.1, 0.15) is 0 Å². The van der Waals surface area contributed by atoms with Crippen molar-refractivity contribution in [3.63, 3.8) is 0 Å². The van der Waals surface area contributed by atoms with Gasteiger partial charge in [0.15, 0.2) is 0 Å². The third kappa shape index (κ3) is 6.23. The zero-order valence-corrected chi connectivity index (χ0v) is 14.6. The van der Waals surface area contributed by atoms with E-state index in [9.17, 15) is 9.36 Å². The Morgan fingerprint density at radius 3 is 2.87 bits per heavy atom. The lowest BCUT2D eigenvalue weighted by molar-refractivity contribution is 0.254. The molecule has 124 valence electrons. The number of thioether (sulfide) groups is 1. The van der Waals surface area contributed by atoms with Gasteiger partial charge >= 0.3 is 12.9 Å². The molecule has 0 bridgehead atoms. The van der Waals surface area contributed by atoms with Crippen LogP contribution in [0.5, 0.6) is 0 Å². The molecule has 23 heavy (non-hydrogen) atoms. The van der Waals surface area contributed by atoms with E-state index in [1.807, 2.05) is 35.4 Å². The van der Waals surface area contributed by atoms with Crippen LogP contribution >= 0.6 is 29.9 Å². The number of benzene rings is 1. The highest BCUT2D eigenvalue weighted by atomic mass is 35.7. The van der Waals surface area contributed by atoms with Crippen molar-refractivity contribution in [2.24, 2.45) is 0 Å². The number of urea groups is 1. The summed E-state index contributed by atoms with van der Waals surface area (Å²) in [4.78, 5) is 15.7. The number of amides is 2. The van der Waals surface area contributed by atoms with E-state index in [0.29, 0.717) is 10.9 Å². The molecule has 1 aromatic heterocycles. The summed E-state index contributed by atoms with van der Waals surface area (Å²) in [5, 5.41) is 11.4. The van der Waals surface area contributed by atoms with Crippen molar-refractivity contribution in [1.29, 1.82) is 0 Å². The summed E-state index contributed by atoms with van der Waals surface area (Å²) in [6.45, 7) is -1.96. The minimum absolute atomic E-state index is 0.115. The number of hydrogen-bond donors (Lipinski definition) is 3. The Morgan fingerprint density at radius 2 is 2.17 bits per heavy atom. The Hall–Kier alpha value is -1.54. The molecule has 8 nitrogen and oxygen atoms in total. The largest absolute Gasteiger partial charge is 0.389 e. The highest BCUT2D eigenvalue weighted by Gasteiger charge is 2.22. The van der Waals surface area contributed by atoms with Crippen molar-refractivity contribution in [3.8, 4) is 0 Å². The molecule has 0 saturated carbocycles. The van der Waals surface area contributed by atoms with Crippen LogP contribution in [-0.4, -0.2) is 27.8 Å². The van der Waals surface area contributed by atoms with Gasteiger partial charge in [0, 0.05) is 5.75 Å². The number of H-pyrrole nitrogens is 1. The minimum Gasteiger partial charge on any atom is -0.302 e. The molecule has 2 amide bonds. The highest BCUT2D eigenvalue weighted by molar-refractivity contribution is 7.98. The Balaban J connectivity index is 1.84. The van der Waals surface area contributed by atoms with E-state index in [1.54, 1.807) is 6.92 Å². The van der Waals surface area contributed by atoms with Crippen LogP contribution in [0.3, 0.4) is 0 Å². The SMILES string of the molecule is CCOP(=O)(Cl)NC(=O)Nc1nc(SCc2ccccc2)n[nH]1. The van der Waals surface area contributed by atoms with Crippen LogP contribution in [0.15, 0.2) is 35.5 Å². The standard InChI is InChI=1S/C12H15ClN5O3PS/c1-2-21-22(13,20)18-11(19)14-10-15-12(17-16-10)23-8-9-6-4-3-5-7-9/h3-7H,2,8H2,1H3,(H3,14,15,16,17,18,19,20). The molecule has 1 aromatic carbocycles. The molecule has 0 aliphatic carbocycles. The molecule has 1 heterocycles. The second-order valence-corrected chi connectivity index (χ2v) is 7.92. The van der Waals surface area contributed by atoms with Crippen molar-refractivity contribution < 1.29 is 13.9 Å². The lowest BCUT2D eigenvalue weighted by Gasteiger charge is -2.10. The van der Waals surface area contributed by atoms with Crippen LogP contribution in [0.1, 0.15) is 12.5 Å². The maximum absolute atomic E-state index is 11.6.